The summed E-state index contributed by atoms with van der Waals surface area (Å²) >= 11 is 11.8. The van der Waals surface area contributed by atoms with Gasteiger partial charge in [0, 0.05) is 23.3 Å². The zero-order valence-electron chi connectivity index (χ0n) is 14.1. The first-order chi connectivity index (χ1) is 12.5. The zero-order valence-corrected chi connectivity index (χ0v) is 15.6. The average molecular weight is 390 g/mol. The monoisotopic (exact) mass is 389 g/mol. The molecule has 3 rings (SSSR count). The molecule has 0 aliphatic heterocycles. The summed E-state index contributed by atoms with van der Waals surface area (Å²) in [6.07, 6.45) is 1.73. The second-order valence-electron chi connectivity index (χ2n) is 5.65. The Hall–Kier alpha value is -2.50. The van der Waals surface area contributed by atoms with E-state index in [0.29, 0.717) is 34.6 Å². The summed E-state index contributed by atoms with van der Waals surface area (Å²) in [6, 6.07) is 16.1. The lowest BCUT2D eigenvalue weighted by Crippen LogP contribution is -2.31. The van der Waals surface area contributed by atoms with Gasteiger partial charge in [-0.05, 0) is 48.5 Å². The molecule has 0 unspecified atom stereocenters. The maximum atomic E-state index is 12.5. The van der Waals surface area contributed by atoms with Gasteiger partial charge < -0.3 is 9.64 Å². The Labute approximate surface area is 161 Å². The molecule has 0 spiro atoms. The molecule has 0 saturated carbocycles. The molecule has 0 aliphatic carbocycles. The van der Waals surface area contributed by atoms with Crippen LogP contribution in [0.2, 0.25) is 10.0 Å². The van der Waals surface area contributed by atoms with Crippen LogP contribution in [-0.4, -0.2) is 40.8 Å². The lowest BCUT2D eigenvalue weighted by Gasteiger charge is -2.16. The molecule has 0 radical (unpaired) electrons. The fourth-order valence-electron chi connectivity index (χ4n) is 2.33. The molecule has 1 aromatic heterocycles. The van der Waals surface area contributed by atoms with Crippen molar-refractivity contribution in [3.05, 3.63) is 76.5 Å². The number of carbonyl (C=O) groups excluding carboxylic acids is 1. The van der Waals surface area contributed by atoms with E-state index in [0.717, 1.165) is 5.69 Å². The van der Waals surface area contributed by atoms with Crippen molar-refractivity contribution < 1.29 is 9.53 Å². The smallest absolute Gasteiger partial charge is 0.274 e. The summed E-state index contributed by atoms with van der Waals surface area (Å²) in [6.45, 7) is 0.810. The Balaban J connectivity index is 1.57. The Morgan fingerprint density at radius 3 is 2.62 bits per heavy atom. The Morgan fingerprint density at radius 2 is 1.88 bits per heavy atom. The number of benzene rings is 2. The van der Waals surface area contributed by atoms with E-state index in [1.165, 1.54) is 0 Å². The Morgan fingerprint density at radius 1 is 1.12 bits per heavy atom. The van der Waals surface area contributed by atoms with Crippen LogP contribution in [0.3, 0.4) is 0 Å². The van der Waals surface area contributed by atoms with Gasteiger partial charge in [-0.25, -0.2) is 4.68 Å². The fourth-order valence-corrected chi connectivity index (χ4v) is 2.64. The summed E-state index contributed by atoms with van der Waals surface area (Å²) in [5.74, 6) is 0.533. The first-order valence-corrected chi connectivity index (χ1v) is 8.74. The standard InChI is InChI=1S/C19H17Cl2N3O2/c1-23(11-12-26-17-7-5-14(20)6-8-17)19(25)18-9-10-24(22-18)16-4-2-3-15(21)13-16/h2-10,13H,11-12H2,1H3. The van der Waals surface area contributed by atoms with Gasteiger partial charge in [0.15, 0.2) is 5.69 Å². The van der Waals surface area contributed by atoms with E-state index in [4.69, 9.17) is 27.9 Å². The van der Waals surface area contributed by atoms with Crippen LogP contribution in [0.15, 0.2) is 60.8 Å². The van der Waals surface area contributed by atoms with E-state index in [1.54, 1.807) is 65.3 Å². The van der Waals surface area contributed by atoms with Gasteiger partial charge in [-0.3, -0.25) is 4.79 Å². The highest BCUT2D eigenvalue weighted by Gasteiger charge is 2.15. The second kappa shape index (κ2) is 8.25. The van der Waals surface area contributed by atoms with E-state index < -0.39 is 0 Å². The van der Waals surface area contributed by atoms with Crippen LogP contribution in [0.4, 0.5) is 0 Å². The van der Waals surface area contributed by atoms with Crippen LogP contribution < -0.4 is 4.74 Å². The predicted molar refractivity (Wildman–Crippen MR) is 102 cm³/mol. The molecular formula is C19H17Cl2N3O2. The summed E-state index contributed by atoms with van der Waals surface area (Å²) in [4.78, 5) is 14.1. The molecule has 134 valence electrons. The van der Waals surface area contributed by atoms with Crippen molar-refractivity contribution >= 4 is 29.1 Å². The third-order valence-corrected chi connectivity index (χ3v) is 4.22. The van der Waals surface area contributed by atoms with Crippen LogP contribution in [0.25, 0.3) is 5.69 Å². The van der Waals surface area contributed by atoms with Crippen molar-refractivity contribution in [3.63, 3.8) is 0 Å². The molecule has 2 aromatic carbocycles. The molecule has 0 aliphatic rings. The highest BCUT2D eigenvalue weighted by Crippen LogP contribution is 2.16. The third-order valence-electron chi connectivity index (χ3n) is 3.74. The van der Waals surface area contributed by atoms with Crippen LogP contribution in [-0.2, 0) is 0 Å². The van der Waals surface area contributed by atoms with Crippen molar-refractivity contribution in [2.75, 3.05) is 20.2 Å². The molecular weight excluding hydrogens is 373 g/mol. The van der Waals surface area contributed by atoms with Crippen LogP contribution in [0.1, 0.15) is 10.5 Å². The molecule has 1 amide bonds. The largest absolute Gasteiger partial charge is 0.492 e. The van der Waals surface area contributed by atoms with Gasteiger partial charge in [0.2, 0.25) is 0 Å². The number of rotatable bonds is 6. The van der Waals surface area contributed by atoms with Gasteiger partial charge in [-0.15, -0.1) is 0 Å². The fraction of sp³-hybridized carbons (Fsp3) is 0.158. The summed E-state index contributed by atoms with van der Waals surface area (Å²) in [7, 11) is 1.71. The van der Waals surface area contributed by atoms with Crippen LogP contribution in [0, 0.1) is 0 Å². The number of amides is 1. The molecule has 1 heterocycles. The van der Waals surface area contributed by atoms with Gasteiger partial charge in [0.25, 0.3) is 5.91 Å². The van der Waals surface area contributed by atoms with Crippen LogP contribution >= 0.6 is 23.2 Å². The highest BCUT2D eigenvalue weighted by atomic mass is 35.5. The van der Waals surface area contributed by atoms with Crippen molar-refractivity contribution in [1.29, 1.82) is 0 Å². The minimum absolute atomic E-state index is 0.175. The first kappa shape index (κ1) is 18.3. The molecule has 7 heteroatoms. The van der Waals surface area contributed by atoms with Crippen LogP contribution in [0.5, 0.6) is 5.75 Å². The van der Waals surface area contributed by atoms with E-state index in [1.807, 2.05) is 12.1 Å². The number of likely N-dealkylation sites (N-methyl/N-ethyl adjacent to an activating group) is 1. The topological polar surface area (TPSA) is 47.4 Å². The van der Waals surface area contributed by atoms with Crippen molar-refractivity contribution in [1.82, 2.24) is 14.7 Å². The molecule has 0 atom stereocenters. The molecule has 5 nitrogen and oxygen atoms in total. The number of hydrogen-bond donors (Lipinski definition) is 0. The van der Waals surface area contributed by atoms with Crippen molar-refractivity contribution in [2.24, 2.45) is 0 Å². The first-order valence-electron chi connectivity index (χ1n) is 7.98. The summed E-state index contributed by atoms with van der Waals surface area (Å²) < 4.78 is 7.23. The molecule has 0 bridgehead atoms. The molecule has 3 aromatic rings. The van der Waals surface area contributed by atoms with Crippen molar-refractivity contribution in [3.8, 4) is 11.4 Å². The number of ether oxygens (including phenoxy) is 1. The SMILES string of the molecule is CN(CCOc1ccc(Cl)cc1)C(=O)c1ccn(-c2cccc(Cl)c2)n1. The number of hydrogen-bond acceptors (Lipinski definition) is 3. The third kappa shape index (κ3) is 4.56. The van der Waals surface area contributed by atoms with Gasteiger partial charge in [0.1, 0.15) is 12.4 Å². The number of halogens is 2. The normalized spacial score (nSPS) is 10.6. The Bertz CT molecular complexity index is 894. The zero-order chi connectivity index (χ0) is 18.5. The minimum Gasteiger partial charge on any atom is -0.492 e. The van der Waals surface area contributed by atoms with E-state index in [9.17, 15) is 4.79 Å². The Kier molecular flexibility index (Phi) is 5.81. The maximum absolute atomic E-state index is 12.5. The lowest BCUT2D eigenvalue weighted by molar-refractivity contribution is 0.0767. The number of carbonyl (C=O) groups is 1. The van der Waals surface area contributed by atoms with E-state index >= 15 is 0 Å². The molecule has 26 heavy (non-hydrogen) atoms. The summed E-state index contributed by atoms with van der Waals surface area (Å²) in [5.41, 5.74) is 1.16. The average Bonchev–Trinajstić information content (AvgIpc) is 3.13. The van der Waals surface area contributed by atoms with Gasteiger partial charge >= 0.3 is 0 Å². The highest BCUT2D eigenvalue weighted by molar-refractivity contribution is 6.30. The molecule has 0 fully saturated rings. The number of aromatic nitrogens is 2. The lowest BCUT2D eigenvalue weighted by atomic mass is 10.3. The minimum atomic E-state index is -0.175. The van der Waals surface area contributed by atoms with Crippen molar-refractivity contribution in [2.45, 2.75) is 0 Å². The second-order valence-corrected chi connectivity index (χ2v) is 6.53. The molecule has 0 saturated heterocycles. The quantitative estimate of drug-likeness (QED) is 0.630. The predicted octanol–water partition coefficient (Wildman–Crippen LogP) is 4.33. The van der Waals surface area contributed by atoms with E-state index in [2.05, 4.69) is 5.10 Å². The maximum Gasteiger partial charge on any atom is 0.274 e. The molecule has 0 N–H and O–H groups in total. The van der Waals surface area contributed by atoms with Gasteiger partial charge in [0.05, 0.1) is 12.2 Å². The van der Waals surface area contributed by atoms with Gasteiger partial charge in [-0.2, -0.15) is 5.10 Å². The van der Waals surface area contributed by atoms with E-state index in [-0.39, 0.29) is 5.91 Å². The van der Waals surface area contributed by atoms with Gasteiger partial charge in [-0.1, -0.05) is 29.3 Å². The number of nitrogens with zero attached hydrogens (tertiary/aromatic N) is 3. The summed E-state index contributed by atoms with van der Waals surface area (Å²) in [5, 5.41) is 5.60.